The molecule has 214 valence electrons. The number of terminal acetylenes is 1. The van der Waals surface area contributed by atoms with E-state index in [-0.39, 0.29) is 40.8 Å². The first-order valence-corrected chi connectivity index (χ1v) is 13.4. The molecule has 3 aromatic carbocycles. The molecule has 8 heteroatoms. The van der Waals surface area contributed by atoms with E-state index >= 15 is 0 Å². The number of ether oxygens (including phenoxy) is 4. The number of carbonyl (C=O) groups excluding carboxylic acids is 4. The Morgan fingerprint density at radius 2 is 1.31 bits per heavy atom. The molecule has 2 aliphatic heterocycles. The summed E-state index contributed by atoms with van der Waals surface area (Å²) in [5, 5.41) is 0. The second-order valence-electron chi connectivity index (χ2n) is 12.3. The molecule has 0 radical (unpaired) electrons. The Hall–Kier alpha value is -4.90. The third-order valence-electron chi connectivity index (χ3n) is 6.98. The molecule has 0 aromatic heterocycles. The first-order chi connectivity index (χ1) is 19.6. The van der Waals surface area contributed by atoms with Gasteiger partial charge in [0.05, 0.1) is 22.8 Å². The molecule has 0 saturated heterocycles. The molecule has 0 aliphatic carbocycles. The van der Waals surface area contributed by atoms with E-state index in [1.807, 2.05) is 0 Å². The molecule has 0 N–H and O–H groups in total. The van der Waals surface area contributed by atoms with Crippen LogP contribution >= 0.6 is 0 Å². The first-order valence-electron chi connectivity index (χ1n) is 13.4. The number of rotatable bonds is 4. The lowest BCUT2D eigenvalue weighted by Crippen LogP contribution is -2.33. The molecule has 42 heavy (non-hydrogen) atoms. The van der Waals surface area contributed by atoms with Crippen molar-refractivity contribution in [3.63, 3.8) is 0 Å². The van der Waals surface area contributed by atoms with Crippen LogP contribution in [0.3, 0.4) is 0 Å². The molecule has 3 aromatic rings. The zero-order chi connectivity index (χ0) is 30.6. The number of fused-ring (bicyclic) bond motifs is 6. The third-order valence-corrected chi connectivity index (χ3v) is 6.98. The first kappa shape index (κ1) is 28.6. The molecule has 0 fully saturated rings. The zero-order valence-electron chi connectivity index (χ0n) is 24.2. The van der Waals surface area contributed by atoms with E-state index in [1.165, 1.54) is 12.1 Å². The fourth-order valence-corrected chi connectivity index (χ4v) is 4.70. The van der Waals surface area contributed by atoms with E-state index in [0.29, 0.717) is 22.3 Å². The van der Waals surface area contributed by atoms with Crippen molar-refractivity contribution in [3.05, 3.63) is 82.4 Å². The number of hydrogen-bond acceptors (Lipinski definition) is 8. The topological polar surface area (TPSA) is 105 Å². The van der Waals surface area contributed by atoms with Crippen LogP contribution in [0.2, 0.25) is 0 Å². The van der Waals surface area contributed by atoms with Gasteiger partial charge in [0.1, 0.15) is 23.0 Å². The predicted molar refractivity (Wildman–Crippen MR) is 153 cm³/mol. The molecular formula is C34H30O8. The number of hydrogen-bond donors (Lipinski definition) is 0. The largest absolute Gasteiger partial charge is 0.456 e. The van der Waals surface area contributed by atoms with Crippen molar-refractivity contribution in [1.29, 1.82) is 0 Å². The van der Waals surface area contributed by atoms with Crippen LogP contribution in [-0.4, -0.2) is 23.7 Å². The normalized spacial score (nSPS) is 14.5. The summed E-state index contributed by atoms with van der Waals surface area (Å²) in [6, 6.07) is 14.3. The van der Waals surface area contributed by atoms with E-state index in [2.05, 4.69) is 5.92 Å². The molecule has 0 unspecified atom stereocenters. The van der Waals surface area contributed by atoms with Crippen LogP contribution in [0.25, 0.3) is 0 Å². The molecule has 5 rings (SSSR count). The fourth-order valence-electron chi connectivity index (χ4n) is 4.70. The maximum absolute atomic E-state index is 13.3. The van der Waals surface area contributed by atoms with Gasteiger partial charge >= 0.3 is 17.9 Å². The van der Waals surface area contributed by atoms with Crippen molar-refractivity contribution in [2.75, 3.05) is 0 Å². The minimum atomic E-state index is -1.51. The Balaban J connectivity index is 1.71. The van der Waals surface area contributed by atoms with Crippen LogP contribution in [0, 0.1) is 23.2 Å². The molecule has 2 heterocycles. The number of carbonyl (C=O) groups is 4. The number of Topliss-reactive ketones (excluding diaryl/α,β-unsaturated/α-hetero) is 1. The highest BCUT2D eigenvalue weighted by Crippen LogP contribution is 2.57. The number of benzene rings is 3. The molecular weight excluding hydrogens is 536 g/mol. The summed E-state index contributed by atoms with van der Waals surface area (Å²) in [4.78, 5) is 51.3. The molecule has 2 aliphatic rings. The van der Waals surface area contributed by atoms with Gasteiger partial charge in [-0.1, -0.05) is 12.0 Å². The van der Waals surface area contributed by atoms with E-state index < -0.39 is 34.3 Å². The van der Waals surface area contributed by atoms with Crippen molar-refractivity contribution in [2.45, 2.75) is 53.6 Å². The average molecular weight is 567 g/mol. The van der Waals surface area contributed by atoms with Crippen LogP contribution < -0.4 is 14.2 Å². The second kappa shape index (κ2) is 9.88. The summed E-state index contributed by atoms with van der Waals surface area (Å²) in [6.45, 7) is 10.4. The molecule has 0 saturated carbocycles. The minimum Gasteiger partial charge on any atom is -0.456 e. The SMILES string of the molecule is C#CCC(=O)c1ccc2c(c1)C1(OC2=O)c2ccc(OC(=O)C(C)(C)C)cc2Oc2cc(OC(=O)C(C)(C)C)ccc21. The van der Waals surface area contributed by atoms with E-state index in [0.717, 1.165) is 0 Å². The Labute approximate surface area is 243 Å². The van der Waals surface area contributed by atoms with Crippen molar-refractivity contribution in [3.8, 4) is 35.3 Å². The highest BCUT2D eigenvalue weighted by molar-refractivity contribution is 6.02. The van der Waals surface area contributed by atoms with Crippen LogP contribution in [0.4, 0.5) is 0 Å². The lowest BCUT2D eigenvalue weighted by Gasteiger charge is -2.37. The van der Waals surface area contributed by atoms with Gasteiger partial charge in [0.2, 0.25) is 0 Å². The van der Waals surface area contributed by atoms with E-state index in [1.54, 1.807) is 84.0 Å². The maximum atomic E-state index is 13.3. The van der Waals surface area contributed by atoms with Gasteiger partial charge in [-0.25, -0.2) is 4.79 Å². The van der Waals surface area contributed by atoms with Crippen LogP contribution in [0.15, 0.2) is 54.6 Å². The highest BCUT2D eigenvalue weighted by Gasteiger charge is 2.54. The zero-order valence-corrected chi connectivity index (χ0v) is 24.2. The van der Waals surface area contributed by atoms with Gasteiger partial charge in [-0.3, -0.25) is 14.4 Å². The fraction of sp³-hybridized carbons (Fsp3) is 0.294. The average Bonchev–Trinajstić information content (AvgIpc) is 3.19. The van der Waals surface area contributed by atoms with E-state index in [4.69, 9.17) is 25.4 Å². The Morgan fingerprint density at radius 1 is 0.786 bits per heavy atom. The van der Waals surface area contributed by atoms with Crippen LogP contribution in [-0.2, 0) is 19.9 Å². The van der Waals surface area contributed by atoms with Crippen LogP contribution in [0.5, 0.6) is 23.0 Å². The standard InChI is InChI=1S/C34H30O8/c1-8-9-26(35)19-10-13-22-25(16-19)34(42-29(22)36)23-14-11-20(39-30(37)32(2,3)4)17-27(23)41-28-18-21(12-15-24(28)34)40-31(38)33(5,6)7/h1,10-18H,9H2,2-7H3. The van der Waals surface area contributed by atoms with Gasteiger partial charge in [-0.2, -0.15) is 0 Å². The van der Waals surface area contributed by atoms with Crippen molar-refractivity contribution in [1.82, 2.24) is 0 Å². The van der Waals surface area contributed by atoms with Gasteiger partial charge in [0.15, 0.2) is 11.4 Å². The maximum Gasteiger partial charge on any atom is 0.340 e. The summed E-state index contributed by atoms with van der Waals surface area (Å²) < 4.78 is 23.7. The quantitative estimate of drug-likeness (QED) is 0.155. The Morgan fingerprint density at radius 3 is 1.79 bits per heavy atom. The van der Waals surface area contributed by atoms with Crippen molar-refractivity contribution >= 4 is 23.7 Å². The Bertz CT molecular complexity index is 1630. The van der Waals surface area contributed by atoms with Gasteiger partial charge in [-0.05, 0) is 77.9 Å². The molecule has 0 atom stereocenters. The molecule has 0 amide bonds. The summed E-state index contributed by atoms with van der Waals surface area (Å²) in [5.74, 6) is 1.55. The lowest BCUT2D eigenvalue weighted by atomic mass is 9.77. The molecule has 8 nitrogen and oxygen atoms in total. The summed E-state index contributed by atoms with van der Waals surface area (Å²) in [6.07, 6.45) is 5.27. The number of esters is 3. The molecule has 1 spiro atoms. The van der Waals surface area contributed by atoms with Gasteiger partial charge in [-0.15, -0.1) is 6.42 Å². The third kappa shape index (κ3) is 4.81. The van der Waals surface area contributed by atoms with Gasteiger partial charge in [0, 0.05) is 34.4 Å². The Kier molecular flexibility index (Phi) is 6.73. The molecule has 0 bridgehead atoms. The van der Waals surface area contributed by atoms with Crippen molar-refractivity contribution in [2.24, 2.45) is 10.8 Å². The second-order valence-corrected chi connectivity index (χ2v) is 12.3. The van der Waals surface area contributed by atoms with Crippen LogP contribution in [0.1, 0.15) is 85.4 Å². The number of ketones is 1. The summed E-state index contributed by atoms with van der Waals surface area (Å²) in [5.41, 5.74) is -1.07. The monoisotopic (exact) mass is 566 g/mol. The summed E-state index contributed by atoms with van der Waals surface area (Å²) >= 11 is 0. The van der Waals surface area contributed by atoms with Gasteiger partial charge < -0.3 is 18.9 Å². The minimum absolute atomic E-state index is 0.109. The lowest BCUT2D eigenvalue weighted by molar-refractivity contribution is -0.143. The van der Waals surface area contributed by atoms with Gasteiger partial charge in [0.25, 0.3) is 0 Å². The predicted octanol–water partition coefficient (Wildman–Crippen LogP) is 6.36. The van der Waals surface area contributed by atoms with Crippen molar-refractivity contribution < 1.29 is 38.1 Å². The highest BCUT2D eigenvalue weighted by atomic mass is 16.6. The summed E-state index contributed by atoms with van der Waals surface area (Å²) in [7, 11) is 0. The smallest absolute Gasteiger partial charge is 0.340 e. The van der Waals surface area contributed by atoms with E-state index in [9.17, 15) is 19.2 Å².